The molecule has 4 rings (SSSR count). The standard InChI is InChI=1S/C22H23FO4S/c1-11-7-17(24)16(22-21(26)20(25)19(23)12(2)27-22)10-14(11)9-15-8-13-5-3-4-6-18(13)28-15/h3-8,10,12,19-22,24-26H,9H2,1-2H3/t12-,19-,20+,21-,22?/m1/s1. The number of aliphatic hydroxyl groups excluding tert-OH is 2. The third-order valence-corrected chi connectivity index (χ3v) is 6.55. The van der Waals surface area contributed by atoms with Gasteiger partial charge in [-0.3, -0.25) is 0 Å². The smallest absolute Gasteiger partial charge is 0.154 e. The molecule has 1 fully saturated rings. The second kappa shape index (κ2) is 7.44. The number of thiophene rings is 1. The maximum Gasteiger partial charge on any atom is 0.154 e. The summed E-state index contributed by atoms with van der Waals surface area (Å²) in [6, 6.07) is 13.8. The molecule has 2 heterocycles. The van der Waals surface area contributed by atoms with Crippen molar-refractivity contribution in [1.29, 1.82) is 0 Å². The van der Waals surface area contributed by atoms with E-state index in [0.717, 1.165) is 11.1 Å². The molecule has 1 aliphatic rings. The van der Waals surface area contributed by atoms with Crippen molar-refractivity contribution >= 4 is 21.4 Å². The summed E-state index contributed by atoms with van der Waals surface area (Å²) in [5.74, 6) is -0.0293. The molecule has 148 valence electrons. The molecule has 1 aliphatic heterocycles. The van der Waals surface area contributed by atoms with E-state index in [-0.39, 0.29) is 5.75 Å². The second-order valence-electron chi connectivity index (χ2n) is 7.45. The highest BCUT2D eigenvalue weighted by Crippen LogP contribution is 2.39. The third kappa shape index (κ3) is 3.42. The molecule has 0 spiro atoms. The number of benzene rings is 2. The number of halogens is 1. The minimum absolute atomic E-state index is 0.0293. The van der Waals surface area contributed by atoms with E-state index in [1.54, 1.807) is 23.5 Å². The maximum atomic E-state index is 13.9. The maximum absolute atomic E-state index is 13.9. The second-order valence-corrected chi connectivity index (χ2v) is 8.62. The Bertz CT molecular complexity index is 968. The number of aromatic hydroxyl groups is 1. The summed E-state index contributed by atoms with van der Waals surface area (Å²) in [6.45, 7) is 3.43. The lowest BCUT2D eigenvalue weighted by Gasteiger charge is -2.38. The number of phenolic OH excluding ortho intramolecular Hbond substituents is 1. The summed E-state index contributed by atoms with van der Waals surface area (Å²) < 4.78 is 20.8. The van der Waals surface area contributed by atoms with Crippen LogP contribution in [0.2, 0.25) is 0 Å². The number of hydrogen-bond acceptors (Lipinski definition) is 5. The van der Waals surface area contributed by atoms with Gasteiger partial charge in [0.2, 0.25) is 0 Å². The Morgan fingerprint density at radius 2 is 1.86 bits per heavy atom. The molecule has 1 saturated heterocycles. The lowest BCUT2D eigenvalue weighted by atomic mass is 9.89. The average molecular weight is 402 g/mol. The van der Waals surface area contributed by atoms with Crippen molar-refractivity contribution in [1.82, 2.24) is 0 Å². The van der Waals surface area contributed by atoms with Crippen LogP contribution in [0.4, 0.5) is 4.39 Å². The predicted octanol–water partition coefficient (Wildman–Crippen LogP) is 4.03. The van der Waals surface area contributed by atoms with Crippen LogP contribution in [0.15, 0.2) is 42.5 Å². The topological polar surface area (TPSA) is 69.9 Å². The highest BCUT2D eigenvalue weighted by molar-refractivity contribution is 7.19. The molecule has 3 aromatic rings. The van der Waals surface area contributed by atoms with Crippen molar-refractivity contribution < 1.29 is 24.4 Å². The Morgan fingerprint density at radius 3 is 2.61 bits per heavy atom. The van der Waals surface area contributed by atoms with Gasteiger partial charge in [0.15, 0.2) is 6.17 Å². The SMILES string of the molecule is Cc1cc(O)c(C2O[C@H](C)[C@@H](F)[C@H](O)[C@H]2O)cc1Cc1cc2ccccc2s1. The van der Waals surface area contributed by atoms with Gasteiger partial charge in [-0.05, 0) is 54.6 Å². The van der Waals surface area contributed by atoms with Gasteiger partial charge >= 0.3 is 0 Å². The van der Waals surface area contributed by atoms with Crippen molar-refractivity contribution in [2.45, 2.75) is 50.9 Å². The third-order valence-electron chi connectivity index (χ3n) is 5.43. The van der Waals surface area contributed by atoms with Crippen LogP contribution in [0.1, 0.15) is 34.6 Å². The highest BCUT2D eigenvalue weighted by atomic mass is 32.1. The molecule has 0 saturated carbocycles. The van der Waals surface area contributed by atoms with Gasteiger partial charge in [-0.2, -0.15) is 0 Å². The van der Waals surface area contributed by atoms with E-state index in [1.807, 2.05) is 19.1 Å². The van der Waals surface area contributed by atoms with Crippen LogP contribution in [0.5, 0.6) is 5.75 Å². The van der Waals surface area contributed by atoms with Crippen LogP contribution < -0.4 is 0 Å². The fraction of sp³-hybridized carbons (Fsp3) is 0.364. The van der Waals surface area contributed by atoms with Crippen LogP contribution in [0.3, 0.4) is 0 Å². The van der Waals surface area contributed by atoms with E-state index in [4.69, 9.17) is 4.74 Å². The molecular weight excluding hydrogens is 379 g/mol. The van der Waals surface area contributed by atoms with Gasteiger partial charge in [0.05, 0.1) is 6.10 Å². The normalized spacial score (nSPS) is 28.0. The molecule has 6 heteroatoms. The summed E-state index contributed by atoms with van der Waals surface area (Å²) in [7, 11) is 0. The van der Waals surface area contributed by atoms with Gasteiger partial charge in [0.25, 0.3) is 0 Å². The Balaban J connectivity index is 1.68. The lowest BCUT2D eigenvalue weighted by molar-refractivity contribution is -0.201. The first kappa shape index (κ1) is 19.3. The zero-order valence-electron chi connectivity index (χ0n) is 15.7. The number of aryl methyl sites for hydroxylation is 1. The van der Waals surface area contributed by atoms with E-state index in [1.165, 1.54) is 21.9 Å². The van der Waals surface area contributed by atoms with Gasteiger partial charge in [-0.15, -0.1) is 11.3 Å². The van der Waals surface area contributed by atoms with Gasteiger partial charge in [-0.1, -0.05) is 18.2 Å². The Kier molecular flexibility index (Phi) is 5.14. The molecule has 1 unspecified atom stereocenters. The summed E-state index contributed by atoms with van der Waals surface area (Å²) in [6.07, 6.45) is -5.87. The molecule has 0 bridgehead atoms. The van der Waals surface area contributed by atoms with Crippen molar-refractivity contribution in [2.24, 2.45) is 0 Å². The minimum Gasteiger partial charge on any atom is -0.508 e. The molecule has 4 nitrogen and oxygen atoms in total. The quantitative estimate of drug-likeness (QED) is 0.619. The Hall–Kier alpha value is -1.99. The zero-order valence-corrected chi connectivity index (χ0v) is 16.5. The number of ether oxygens (including phenoxy) is 1. The Labute approximate surface area is 166 Å². The summed E-state index contributed by atoms with van der Waals surface area (Å²) >= 11 is 1.72. The molecule has 2 aromatic carbocycles. The predicted molar refractivity (Wildman–Crippen MR) is 108 cm³/mol. The van der Waals surface area contributed by atoms with Crippen LogP contribution in [0, 0.1) is 6.92 Å². The van der Waals surface area contributed by atoms with E-state index >= 15 is 0 Å². The van der Waals surface area contributed by atoms with Gasteiger partial charge in [0.1, 0.15) is 24.1 Å². The molecule has 3 N–H and O–H groups in total. The summed E-state index contributed by atoms with van der Waals surface area (Å²) in [5, 5.41) is 32.0. The number of alkyl halides is 1. The Morgan fingerprint density at radius 1 is 1.11 bits per heavy atom. The first-order valence-corrected chi connectivity index (χ1v) is 10.1. The molecule has 0 aliphatic carbocycles. The largest absolute Gasteiger partial charge is 0.508 e. The van der Waals surface area contributed by atoms with Crippen LogP contribution >= 0.6 is 11.3 Å². The fourth-order valence-electron chi connectivity index (χ4n) is 3.78. The number of rotatable bonds is 3. The lowest BCUT2D eigenvalue weighted by Crippen LogP contribution is -2.51. The summed E-state index contributed by atoms with van der Waals surface area (Å²) in [5.41, 5.74) is 2.27. The average Bonchev–Trinajstić information content (AvgIpc) is 3.08. The highest BCUT2D eigenvalue weighted by Gasteiger charge is 2.44. The number of aliphatic hydroxyl groups is 2. The van der Waals surface area contributed by atoms with E-state index in [0.29, 0.717) is 12.0 Å². The first-order chi connectivity index (χ1) is 13.3. The van der Waals surface area contributed by atoms with Gasteiger partial charge in [-0.25, -0.2) is 4.39 Å². The van der Waals surface area contributed by atoms with E-state index in [9.17, 15) is 19.7 Å². The molecule has 0 amide bonds. The molecule has 1 aromatic heterocycles. The first-order valence-electron chi connectivity index (χ1n) is 9.30. The minimum atomic E-state index is -1.67. The molecular formula is C22H23FO4S. The van der Waals surface area contributed by atoms with Crippen molar-refractivity contribution in [3.05, 3.63) is 64.0 Å². The number of phenols is 1. The van der Waals surface area contributed by atoms with E-state index < -0.39 is 30.6 Å². The van der Waals surface area contributed by atoms with Crippen LogP contribution in [-0.2, 0) is 11.2 Å². The van der Waals surface area contributed by atoms with Gasteiger partial charge in [0, 0.05) is 21.6 Å². The van der Waals surface area contributed by atoms with Crippen molar-refractivity contribution in [2.75, 3.05) is 0 Å². The van der Waals surface area contributed by atoms with Crippen LogP contribution in [0.25, 0.3) is 10.1 Å². The van der Waals surface area contributed by atoms with Gasteiger partial charge < -0.3 is 20.1 Å². The fourth-order valence-corrected chi connectivity index (χ4v) is 4.86. The number of hydrogen-bond donors (Lipinski definition) is 3. The zero-order chi connectivity index (χ0) is 20.0. The number of fused-ring (bicyclic) bond motifs is 1. The molecule has 0 radical (unpaired) electrons. The molecule has 5 atom stereocenters. The van der Waals surface area contributed by atoms with Crippen molar-refractivity contribution in [3.63, 3.8) is 0 Å². The van der Waals surface area contributed by atoms with Crippen molar-refractivity contribution in [3.8, 4) is 5.75 Å². The van der Waals surface area contributed by atoms with Crippen LogP contribution in [-0.4, -0.2) is 39.8 Å². The summed E-state index contributed by atoms with van der Waals surface area (Å²) in [4.78, 5) is 1.18. The molecule has 28 heavy (non-hydrogen) atoms. The monoisotopic (exact) mass is 402 g/mol. The van der Waals surface area contributed by atoms with E-state index in [2.05, 4.69) is 18.2 Å².